The maximum atomic E-state index is 14.1. The van der Waals surface area contributed by atoms with Crippen molar-refractivity contribution in [3.63, 3.8) is 0 Å². The highest BCUT2D eigenvalue weighted by molar-refractivity contribution is 6.33. The van der Waals surface area contributed by atoms with Crippen molar-refractivity contribution in [3.8, 4) is 0 Å². The summed E-state index contributed by atoms with van der Waals surface area (Å²) in [6, 6.07) is 3.76. The fourth-order valence-electron chi connectivity index (χ4n) is 4.05. The molecule has 0 saturated carbocycles. The van der Waals surface area contributed by atoms with Gasteiger partial charge in [-0.3, -0.25) is 14.0 Å². The molecule has 2 amide bonds. The van der Waals surface area contributed by atoms with Gasteiger partial charge in [0.25, 0.3) is 5.91 Å². The lowest BCUT2D eigenvalue weighted by molar-refractivity contribution is -0.136. The molecule has 35 heavy (non-hydrogen) atoms. The van der Waals surface area contributed by atoms with Crippen molar-refractivity contribution in [2.24, 2.45) is 5.92 Å². The number of nitrogens with zero attached hydrogens (tertiary/aromatic N) is 4. The van der Waals surface area contributed by atoms with Crippen LogP contribution in [0.3, 0.4) is 0 Å². The maximum Gasteiger partial charge on any atom is 0.419 e. The van der Waals surface area contributed by atoms with Crippen LogP contribution in [0.25, 0.3) is 5.65 Å². The summed E-state index contributed by atoms with van der Waals surface area (Å²) in [5.74, 6) is -3.14. The van der Waals surface area contributed by atoms with E-state index in [1.165, 1.54) is 6.20 Å². The standard InChI is InChI=1S/C23H20ClF5N4O2/c1-12(2)7-13-8-15(23(27,28)29)21-30-19(20(24)33(21)10-13)22(35)31-5-6-32(18(34)11-31)17-4-3-14(25)9-16(17)26/h3-4,8-10,12H,5-7,11H2,1-2H3. The first kappa shape index (κ1) is 24.9. The van der Waals surface area contributed by atoms with Crippen LogP contribution in [0.2, 0.25) is 5.15 Å². The SMILES string of the molecule is CC(C)Cc1cc(C(F)(F)F)c2nc(C(=O)N3CCN(c4ccc(F)cc4F)C(=O)C3)c(Cl)n2c1. The van der Waals surface area contributed by atoms with Gasteiger partial charge >= 0.3 is 6.18 Å². The van der Waals surface area contributed by atoms with Crippen LogP contribution in [0.1, 0.15) is 35.5 Å². The van der Waals surface area contributed by atoms with Crippen molar-refractivity contribution in [3.05, 3.63) is 64.1 Å². The first-order valence-corrected chi connectivity index (χ1v) is 11.1. The van der Waals surface area contributed by atoms with E-state index in [-0.39, 0.29) is 29.8 Å². The van der Waals surface area contributed by atoms with Crippen LogP contribution in [0, 0.1) is 17.6 Å². The number of piperazine rings is 1. The average molecular weight is 515 g/mol. The number of alkyl halides is 3. The molecule has 12 heteroatoms. The van der Waals surface area contributed by atoms with Crippen LogP contribution >= 0.6 is 11.6 Å². The smallest absolute Gasteiger partial charge is 0.326 e. The predicted molar refractivity (Wildman–Crippen MR) is 118 cm³/mol. The molecule has 0 atom stereocenters. The lowest BCUT2D eigenvalue weighted by Gasteiger charge is -2.34. The molecule has 2 aromatic heterocycles. The Hall–Kier alpha value is -3.21. The molecule has 3 heterocycles. The van der Waals surface area contributed by atoms with Gasteiger partial charge in [0, 0.05) is 25.4 Å². The van der Waals surface area contributed by atoms with Gasteiger partial charge in [0.1, 0.15) is 23.3 Å². The van der Waals surface area contributed by atoms with Crippen molar-refractivity contribution < 1.29 is 31.5 Å². The number of anilines is 1. The second-order valence-electron chi connectivity index (χ2n) is 8.67. The van der Waals surface area contributed by atoms with Crippen LogP contribution in [0.15, 0.2) is 30.5 Å². The molecule has 3 aromatic rings. The Labute approximate surface area is 201 Å². The van der Waals surface area contributed by atoms with Crippen molar-refractivity contribution in [1.82, 2.24) is 14.3 Å². The molecule has 6 nitrogen and oxygen atoms in total. The molecule has 1 aromatic carbocycles. The van der Waals surface area contributed by atoms with Crippen molar-refractivity contribution in [2.75, 3.05) is 24.5 Å². The summed E-state index contributed by atoms with van der Waals surface area (Å²) in [7, 11) is 0. The van der Waals surface area contributed by atoms with E-state index in [0.29, 0.717) is 18.1 Å². The lowest BCUT2D eigenvalue weighted by Crippen LogP contribution is -2.52. The summed E-state index contributed by atoms with van der Waals surface area (Å²) < 4.78 is 69.6. The zero-order valence-corrected chi connectivity index (χ0v) is 19.4. The van der Waals surface area contributed by atoms with E-state index in [1.807, 2.05) is 13.8 Å². The Kier molecular flexibility index (Phi) is 6.48. The normalized spacial score (nSPS) is 14.9. The number of amides is 2. The number of fused-ring (bicyclic) bond motifs is 1. The lowest BCUT2D eigenvalue weighted by atomic mass is 10.0. The highest BCUT2D eigenvalue weighted by Crippen LogP contribution is 2.35. The first-order valence-electron chi connectivity index (χ1n) is 10.7. The number of hydrogen-bond acceptors (Lipinski definition) is 3. The maximum absolute atomic E-state index is 14.1. The van der Waals surface area contributed by atoms with Crippen LogP contribution in [-0.4, -0.2) is 45.7 Å². The largest absolute Gasteiger partial charge is 0.419 e. The monoisotopic (exact) mass is 514 g/mol. The average Bonchev–Trinajstić information content (AvgIpc) is 3.08. The summed E-state index contributed by atoms with van der Waals surface area (Å²) >= 11 is 6.30. The molecule has 0 N–H and O–H groups in total. The molecule has 186 valence electrons. The topological polar surface area (TPSA) is 57.9 Å². The Morgan fingerprint density at radius 2 is 1.89 bits per heavy atom. The van der Waals surface area contributed by atoms with Gasteiger partial charge in [-0.2, -0.15) is 13.2 Å². The third-order valence-corrected chi connectivity index (χ3v) is 5.94. The summed E-state index contributed by atoms with van der Waals surface area (Å²) in [5.41, 5.74) is -1.72. The molecule has 1 fully saturated rings. The Bertz CT molecular complexity index is 1320. The minimum atomic E-state index is -4.73. The van der Waals surface area contributed by atoms with E-state index < -0.39 is 53.1 Å². The molecule has 0 spiro atoms. The van der Waals surface area contributed by atoms with Crippen molar-refractivity contribution in [2.45, 2.75) is 26.4 Å². The number of pyridine rings is 1. The molecular weight excluding hydrogens is 495 g/mol. The predicted octanol–water partition coefficient (Wildman–Crippen LogP) is 4.97. The molecule has 0 unspecified atom stereocenters. The summed E-state index contributed by atoms with van der Waals surface area (Å²) in [6.07, 6.45) is -2.96. The fourth-order valence-corrected chi connectivity index (χ4v) is 4.30. The van der Waals surface area contributed by atoms with E-state index in [4.69, 9.17) is 11.6 Å². The van der Waals surface area contributed by atoms with Crippen LogP contribution in [0.5, 0.6) is 0 Å². The van der Waals surface area contributed by atoms with Crippen LogP contribution in [0.4, 0.5) is 27.6 Å². The van der Waals surface area contributed by atoms with Crippen LogP contribution in [-0.2, 0) is 17.4 Å². The molecule has 0 radical (unpaired) electrons. The number of hydrogen-bond donors (Lipinski definition) is 0. The van der Waals surface area contributed by atoms with E-state index in [1.54, 1.807) is 0 Å². The molecule has 0 aliphatic carbocycles. The number of halogens is 6. The number of benzene rings is 1. The number of carbonyl (C=O) groups is 2. The van der Waals surface area contributed by atoms with Gasteiger partial charge in [-0.05, 0) is 36.1 Å². The van der Waals surface area contributed by atoms with Gasteiger partial charge in [-0.1, -0.05) is 25.4 Å². The molecule has 4 rings (SSSR count). The molecular formula is C23H20ClF5N4O2. The fraction of sp³-hybridized carbons (Fsp3) is 0.348. The number of aromatic nitrogens is 2. The van der Waals surface area contributed by atoms with Crippen molar-refractivity contribution >= 4 is 34.7 Å². The van der Waals surface area contributed by atoms with Gasteiger partial charge in [0.2, 0.25) is 5.91 Å². The Morgan fingerprint density at radius 1 is 1.17 bits per heavy atom. The van der Waals surface area contributed by atoms with Gasteiger partial charge in [-0.15, -0.1) is 0 Å². The summed E-state index contributed by atoms with van der Waals surface area (Å²) in [6.45, 7) is 3.07. The Balaban J connectivity index is 1.65. The third kappa shape index (κ3) is 4.82. The minimum absolute atomic E-state index is 0.0592. The van der Waals surface area contributed by atoms with Crippen molar-refractivity contribution in [1.29, 1.82) is 0 Å². The number of imidazole rings is 1. The third-order valence-electron chi connectivity index (χ3n) is 5.58. The Morgan fingerprint density at radius 3 is 2.49 bits per heavy atom. The minimum Gasteiger partial charge on any atom is -0.326 e. The number of rotatable bonds is 4. The highest BCUT2D eigenvalue weighted by Gasteiger charge is 2.37. The van der Waals surface area contributed by atoms with Gasteiger partial charge in [0.05, 0.1) is 11.3 Å². The summed E-state index contributed by atoms with van der Waals surface area (Å²) in [5, 5.41) is -0.305. The summed E-state index contributed by atoms with van der Waals surface area (Å²) in [4.78, 5) is 31.8. The quantitative estimate of drug-likeness (QED) is 0.462. The van der Waals surface area contributed by atoms with Gasteiger partial charge in [0.15, 0.2) is 11.3 Å². The second kappa shape index (κ2) is 9.10. The van der Waals surface area contributed by atoms with Gasteiger partial charge in [-0.25, -0.2) is 13.8 Å². The molecule has 1 saturated heterocycles. The van der Waals surface area contributed by atoms with E-state index >= 15 is 0 Å². The highest BCUT2D eigenvalue weighted by atomic mass is 35.5. The molecule has 1 aliphatic rings. The van der Waals surface area contributed by atoms with E-state index in [9.17, 15) is 31.5 Å². The van der Waals surface area contributed by atoms with E-state index in [2.05, 4.69) is 4.98 Å². The zero-order valence-electron chi connectivity index (χ0n) is 18.7. The zero-order chi connectivity index (χ0) is 25.7. The molecule has 1 aliphatic heterocycles. The first-order chi connectivity index (χ1) is 16.4. The van der Waals surface area contributed by atoms with Gasteiger partial charge < -0.3 is 9.80 Å². The number of carbonyl (C=O) groups excluding carboxylic acids is 2. The van der Waals surface area contributed by atoms with Crippen LogP contribution < -0.4 is 4.90 Å². The second-order valence-corrected chi connectivity index (χ2v) is 9.03. The van der Waals surface area contributed by atoms with E-state index in [0.717, 1.165) is 32.4 Å². The molecule has 0 bridgehead atoms.